The minimum Gasteiger partial charge on any atom is -0.357 e. The molecule has 0 amide bonds. The zero-order chi connectivity index (χ0) is 15.8. The van der Waals surface area contributed by atoms with Crippen molar-refractivity contribution in [1.82, 2.24) is 4.90 Å². The molecular weight excluding hydrogens is 290 g/mol. The zero-order valence-corrected chi connectivity index (χ0v) is 13.8. The highest BCUT2D eigenvalue weighted by Gasteiger charge is 2.11. The molecule has 0 bridgehead atoms. The van der Waals surface area contributed by atoms with E-state index in [0.717, 1.165) is 30.2 Å². The molecule has 0 aromatic heterocycles. The number of hydrogen-bond acceptors (Lipinski definition) is 1. The molecule has 22 heavy (non-hydrogen) atoms. The molecule has 2 aromatic carbocycles. The van der Waals surface area contributed by atoms with Gasteiger partial charge in [-0.25, -0.2) is 4.99 Å². The van der Waals surface area contributed by atoms with Crippen molar-refractivity contribution in [3.63, 3.8) is 0 Å². The number of anilines is 1. The summed E-state index contributed by atoms with van der Waals surface area (Å²) < 4.78 is 0. The van der Waals surface area contributed by atoms with Gasteiger partial charge in [0.05, 0.1) is 0 Å². The second kappa shape index (κ2) is 8.29. The third-order valence-corrected chi connectivity index (χ3v) is 3.52. The summed E-state index contributed by atoms with van der Waals surface area (Å²) in [6, 6.07) is 20.0. The average Bonchev–Trinajstić information content (AvgIpc) is 2.56. The van der Waals surface area contributed by atoms with Crippen molar-refractivity contribution >= 4 is 28.9 Å². The van der Waals surface area contributed by atoms with Gasteiger partial charge >= 0.3 is 0 Å². The third kappa shape index (κ3) is 4.40. The smallest absolute Gasteiger partial charge is 0.199 e. The number of rotatable bonds is 4. The number of thiocarbonyl (C=S) groups is 1. The van der Waals surface area contributed by atoms with Gasteiger partial charge in [0.15, 0.2) is 5.11 Å². The van der Waals surface area contributed by atoms with Crippen molar-refractivity contribution in [2.24, 2.45) is 4.99 Å². The predicted octanol–water partition coefficient (Wildman–Crippen LogP) is 4.17. The molecule has 0 unspecified atom stereocenters. The molecule has 0 saturated carbocycles. The zero-order valence-electron chi connectivity index (χ0n) is 13.0. The first kappa shape index (κ1) is 16.2. The Hall–Kier alpha value is -2.20. The van der Waals surface area contributed by atoms with Crippen LogP contribution in [0.1, 0.15) is 19.4 Å². The lowest BCUT2D eigenvalue weighted by Crippen LogP contribution is -2.32. The quantitative estimate of drug-likeness (QED) is 0.522. The third-order valence-electron chi connectivity index (χ3n) is 3.33. The van der Waals surface area contributed by atoms with Gasteiger partial charge in [-0.15, -0.1) is 0 Å². The Kier molecular flexibility index (Phi) is 6.10. The van der Waals surface area contributed by atoms with Crippen LogP contribution in [0.2, 0.25) is 0 Å². The van der Waals surface area contributed by atoms with Gasteiger partial charge in [-0.05, 0) is 38.2 Å². The number of aliphatic imine (C=N–C) groups is 1. The normalized spacial score (nSPS) is 11.1. The van der Waals surface area contributed by atoms with Crippen LogP contribution >= 0.6 is 12.2 Å². The fourth-order valence-electron chi connectivity index (χ4n) is 2.20. The van der Waals surface area contributed by atoms with Crippen LogP contribution in [-0.4, -0.2) is 28.9 Å². The molecule has 0 radical (unpaired) electrons. The van der Waals surface area contributed by atoms with Crippen LogP contribution in [0.25, 0.3) is 0 Å². The minimum atomic E-state index is 0.469. The summed E-state index contributed by atoms with van der Waals surface area (Å²) in [7, 11) is 0. The van der Waals surface area contributed by atoms with Crippen molar-refractivity contribution in [2.75, 3.05) is 18.4 Å². The van der Waals surface area contributed by atoms with E-state index in [2.05, 4.69) is 41.2 Å². The Morgan fingerprint density at radius 3 is 2.05 bits per heavy atom. The van der Waals surface area contributed by atoms with Crippen LogP contribution in [0.15, 0.2) is 65.7 Å². The molecule has 2 aromatic rings. The summed E-state index contributed by atoms with van der Waals surface area (Å²) in [5.74, 6) is 0.902. The molecule has 0 heterocycles. The maximum absolute atomic E-state index is 5.40. The molecule has 114 valence electrons. The molecule has 0 fully saturated rings. The van der Waals surface area contributed by atoms with Gasteiger partial charge in [0.2, 0.25) is 0 Å². The van der Waals surface area contributed by atoms with E-state index in [0.29, 0.717) is 5.11 Å². The summed E-state index contributed by atoms with van der Waals surface area (Å²) in [6.07, 6.45) is 0. The Morgan fingerprint density at radius 2 is 1.50 bits per heavy atom. The Morgan fingerprint density at radius 1 is 0.955 bits per heavy atom. The summed E-state index contributed by atoms with van der Waals surface area (Å²) in [5.41, 5.74) is 2.02. The lowest BCUT2D eigenvalue weighted by Gasteiger charge is -2.23. The molecule has 0 aliphatic heterocycles. The Bertz CT molecular complexity index is 619. The second-order valence-corrected chi connectivity index (χ2v) is 5.16. The van der Waals surface area contributed by atoms with Crippen molar-refractivity contribution in [3.8, 4) is 0 Å². The summed E-state index contributed by atoms with van der Waals surface area (Å²) in [6.45, 7) is 6.02. The van der Waals surface area contributed by atoms with Gasteiger partial charge in [0, 0.05) is 24.3 Å². The van der Waals surface area contributed by atoms with Gasteiger partial charge in [0.25, 0.3) is 0 Å². The van der Waals surface area contributed by atoms with Crippen molar-refractivity contribution in [3.05, 3.63) is 66.2 Å². The van der Waals surface area contributed by atoms with E-state index in [9.17, 15) is 0 Å². The van der Waals surface area contributed by atoms with Crippen LogP contribution in [0, 0.1) is 0 Å². The molecule has 3 nitrogen and oxygen atoms in total. The monoisotopic (exact) mass is 311 g/mol. The molecular formula is C18H21N3S. The van der Waals surface area contributed by atoms with Gasteiger partial charge in [-0.1, -0.05) is 48.5 Å². The van der Waals surface area contributed by atoms with E-state index < -0.39 is 0 Å². The van der Waals surface area contributed by atoms with Crippen molar-refractivity contribution < 1.29 is 0 Å². The summed E-state index contributed by atoms with van der Waals surface area (Å²) >= 11 is 5.40. The van der Waals surface area contributed by atoms with Gasteiger partial charge in [-0.3, -0.25) is 0 Å². The van der Waals surface area contributed by atoms with Crippen LogP contribution in [0.3, 0.4) is 0 Å². The number of nitrogens with zero attached hydrogens (tertiary/aromatic N) is 2. The van der Waals surface area contributed by atoms with E-state index in [1.165, 1.54) is 0 Å². The average molecular weight is 311 g/mol. The highest BCUT2D eigenvalue weighted by Crippen LogP contribution is 2.09. The van der Waals surface area contributed by atoms with E-state index in [-0.39, 0.29) is 0 Å². The first-order valence-electron chi connectivity index (χ1n) is 7.49. The number of amidine groups is 1. The number of hydrogen-bond donors (Lipinski definition) is 1. The number of para-hydroxylation sites is 1. The second-order valence-electron chi connectivity index (χ2n) is 4.77. The number of nitrogens with one attached hydrogen (secondary N) is 1. The van der Waals surface area contributed by atoms with E-state index in [4.69, 9.17) is 12.2 Å². The number of benzene rings is 2. The Labute approximate surface area is 137 Å². The maximum atomic E-state index is 5.40. The standard InChI is InChI=1S/C18H21N3S/c1-3-21(4-2)17(15-11-7-5-8-12-15)20-18(22)19-16-13-9-6-10-14-16/h5-14H,3-4H2,1-2H3,(H,19,22)/b20-17-. The fraction of sp³-hybridized carbons (Fsp3) is 0.222. The van der Waals surface area contributed by atoms with Crippen LogP contribution in [0.4, 0.5) is 5.69 Å². The predicted molar refractivity (Wildman–Crippen MR) is 98.6 cm³/mol. The van der Waals surface area contributed by atoms with Gasteiger partial charge < -0.3 is 10.2 Å². The SMILES string of the molecule is CCN(CC)/C(=N\C(=S)Nc1ccccc1)c1ccccc1. The molecule has 0 aliphatic carbocycles. The van der Waals surface area contributed by atoms with E-state index in [1.807, 2.05) is 48.5 Å². The molecule has 0 saturated heterocycles. The van der Waals surface area contributed by atoms with E-state index in [1.54, 1.807) is 0 Å². The van der Waals surface area contributed by atoms with Crippen molar-refractivity contribution in [2.45, 2.75) is 13.8 Å². The Balaban J connectivity index is 2.26. The first-order chi connectivity index (χ1) is 10.7. The van der Waals surface area contributed by atoms with Gasteiger partial charge in [0.1, 0.15) is 5.84 Å². The molecule has 0 atom stereocenters. The van der Waals surface area contributed by atoms with Crippen molar-refractivity contribution in [1.29, 1.82) is 0 Å². The molecule has 1 N–H and O–H groups in total. The highest BCUT2D eigenvalue weighted by atomic mass is 32.1. The fourth-order valence-corrected chi connectivity index (χ4v) is 2.40. The maximum Gasteiger partial charge on any atom is 0.199 e. The molecule has 0 aliphatic rings. The molecule has 4 heteroatoms. The van der Waals surface area contributed by atoms with Gasteiger partial charge in [-0.2, -0.15) is 0 Å². The van der Waals surface area contributed by atoms with Crippen LogP contribution in [0.5, 0.6) is 0 Å². The lowest BCUT2D eigenvalue weighted by molar-refractivity contribution is 0.467. The largest absolute Gasteiger partial charge is 0.357 e. The van der Waals surface area contributed by atoms with Crippen LogP contribution < -0.4 is 5.32 Å². The highest BCUT2D eigenvalue weighted by molar-refractivity contribution is 7.80. The molecule has 0 spiro atoms. The molecule has 2 rings (SSSR count). The first-order valence-corrected chi connectivity index (χ1v) is 7.90. The topological polar surface area (TPSA) is 27.6 Å². The van der Waals surface area contributed by atoms with E-state index >= 15 is 0 Å². The summed E-state index contributed by atoms with van der Waals surface area (Å²) in [4.78, 5) is 6.85. The summed E-state index contributed by atoms with van der Waals surface area (Å²) in [5, 5.41) is 3.63. The minimum absolute atomic E-state index is 0.469. The lowest BCUT2D eigenvalue weighted by atomic mass is 10.2. The van der Waals surface area contributed by atoms with Crippen LogP contribution in [-0.2, 0) is 0 Å².